The lowest BCUT2D eigenvalue weighted by molar-refractivity contribution is -0.191. The van der Waals surface area contributed by atoms with Crippen molar-refractivity contribution in [1.82, 2.24) is 9.55 Å². The maximum Gasteiger partial charge on any atom is 0.351 e. The predicted molar refractivity (Wildman–Crippen MR) is 156 cm³/mol. The topological polar surface area (TPSA) is 131 Å². The molecule has 3 aromatic rings. The molecule has 1 unspecified atom stereocenters. The minimum Gasteiger partial charge on any atom is -0.396 e. The maximum atomic E-state index is 16.1. The summed E-state index contributed by atoms with van der Waals surface area (Å²) in [6, 6.07) is 18.0. The van der Waals surface area contributed by atoms with Gasteiger partial charge in [-0.3, -0.25) is 14.2 Å². The number of benzene rings is 2. The second-order valence-electron chi connectivity index (χ2n) is 10.9. The number of hydrogen-bond donors (Lipinski definition) is 3. The molecule has 12 heteroatoms. The van der Waals surface area contributed by atoms with Gasteiger partial charge in [-0.15, -0.1) is 0 Å². The zero-order valence-electron chi connectivity index (χ0n) is 23.1. The molecule has 1 aliphatic rings. The molecule has 1 aliphatic heterocycles. The average molecular weight is 596 g/mol. The van der Waals surface area contributed by atoms with Gasteiger partial charge in [0.15, 0.2) is 11.6 Å². The SMILES string of the molecule is C[Si](C)(C)Nc1ccn([C@@H]2O[C@H](C(O)C(=O)C=Cc3ccccc3)[C@](O)(C(=O)C=Cc3ccccc3)C2(F)F)c(=O)n1. The molecule has 4 rings (SSSR count). The smallest absolute Gasteiger partial charge is 0.351 e. The van der Waals surface area contributed by atoms with E-state index in [-0.39, 0.29) is 5.82 Å². The van der Waals surface area contributed by atoms with E-state index in [1.54, 1.807) is 60.7 Å². The second-order valence-corrected chi connectivity index (χ2v) is 15.6. The molecule has 0 radical (unpaired) electrons. The Labute approximate surface area is 241 Å². The Kier molecular flexibility index (Phi) is 8.83. The van der Waals surface area contributed by atoms with Crippen LogP contribution in [0.3, 0.4) is 0 Å². The minimum absolute atomic E-state index is 0.159. The number of rotatable bonds is 10. The minimum atomic E-state index is -4.49. The van der Waals surface area contributed by atoms with E-state index >= 15 is 8.78 Å². The zero-order valence-corrected chi connectivity index (χ0v) is 24.1. The normalized spacial score (nSPS) is 22.8. The molecule has 2 aromatic carbocycles. The van der Waals surface area contributed by atoms with Gasteiger partial charge in [0.1, 0.15) is 26.3 Å². The number of nitrogens with one attached hydrogen (secondary N) is 1. The molecule has 0 aliphatic carbocycles. The number of aliphatic hydroxyl groups is 2. The van der Waals surface area contributed by atoms with Crippen molar-refractivity contribution < 1.29 is 33.3 Å². The molecule has 0 bridgehead atoms. The summed E-state index contributed by atoms with van der Waals surface area (Å²) in [4.78, 5) is 45.9. The third kappa shape index (κ3) is 6.36. The number of hydrogen-bond acceptors (Lipinski definition) is 8. The molecule has 1 fully saturated rings. The van der Waals surface area contributed by atoms with Crippen molar-refractivity contribution in [3.63, 3.8) is 0 Å². The number of alkyl halides is 2. The fourth-order valence-corrected chi connectivity index (χ4v) is 5.35. The zero-order chi connectivity index (χ0) is 30.7. The third-order valence-electron chi connectivity index (χ3n) is 6.51. The summed E-state index contributed by atoms with van der Waals surface area (Å²) in [6.45, 7) is 5.83. The van der Waals surface area contributed by atoms with Gasteiger partial charge in [-0.05, 0) is 29.3 Å². The number of nitrogens with zero attached hydrogens (tertiary/aromatic N) is 2. The van der Waals surface area contributed by atoms with Crippen LogP contribution in [0.1, 0.15) is 17.4 Å². The Morgan fingerprint density at radius 2 is 1.55 bits per heavy atom. The molecule has 0 amide bonds. The van der Waals surface area contributed by atoms with E-state index in [1.165, 1.54) is 18.2 Å². The Hall–Kier alpha value is -4.10. The first-order valence-electron chi connectivity index (χ1n) is 13.1. The molecule has 1 aromatic heterocycles. The summed E-state index contributed by atoms with van der Waals surface area (Å²) in [5.74, 6) is -6.95. The van der Waals surface area contributed by atoms with Gasteiger partial charge in [0.05, 0.1) is 0 Å². The molecule has 1 saturated heterocycles. The fourth-order valence-electron chi connectivity index (χ4n) is 4.45. The first-order chi connectivity index (χ1) is 19.7. The van der Waals surface area contributed by atoms with Crippen molar-refractivity contribution in [2.75, 3.05) is 4.98 Å². The third-order valence-corrected chi connectivity index (χ3v) is 7.52. The summed E-state index contributed by atoms with van der Waals surface area (Å²) in [7, 11) is -1.95. The number of aliphatic hydroxyl groups excluding tert-OH is 1. The van der Waals surface area contributed by atoms with E-state index in [4.69, 9.17) is 4.74 Å². The molecule has 42 heavy (non-hydrogen) atoms. The monoisotopic (exact) mass is 595 g/mol. The predicted octanol–water partition coefficient (Wildman–Crippen LogP) is 3.68. The molecule has 2 heterocycles. The Balaban J connectivity index is 1.73. The number of ether oxygens (including phenoxy) is 1. The largest absolute Gasteiger partial charge is 0.396 e. The Morgan fingerprint density at radius 1 is 1.00 bits per heavy atom. The van der Waals surface area contributed by atoms with Crippen LogP contribution in [0.25, 0.3) is 12.2 Å². The molecule has 4 atom stereocenters. The number of halogens is 2. The number of aromatic nitrogens is 2. The molecule has 3 N–H and O–H groups in total. The summed E-state index contributed by atoms with van der Waals surface area (Å²) < 4.78 is 38.0. The van der Waals surface area contributed by atoms with E-state index in [0.717, 1.165) is 18.3 Å². The summed E-state index contributed by atoms with van der Waals surface area (Å²) in [5.41, 5.74) is -3.83. The van der Waals surface area contributed by atoms with Crippen LogP contribution in [-0.4, -0.2) is 63.3 Å². The highest BCUT2D eigenvalue weighted by Crippen LogP contribution is 2.51. The van der Waals surface area contributed by atoms with Crippen LogP contribution in [0.2, 0.25) is 19.6 Å². The van der Waals surface area contributed by atoms with Gasteiger partial charge in [0.25, 0.3) is 0 Å². The highest BCUT2D eigenvalue weighted by Gasteiger charge is 2.75. The van der Waals surface area contributed by atoms with Crippen LogP contribution in [-0.2, 0) is 14.3 Å². The first-order valence-corrected chi connectivity index (χ1v) is 16.6. The number of carbonyl (C=O) groups excluding carboxylic acids is 2. The van der Waals surface area contributed by atoms with Crippen molar-refractivity contribution in [2.24, 2.45) is 0 Å². The van der Waals surface area contributed by atoms with Gasteiger partial charge in [-0.1, -0.05) is 92.5 Å². The lowest BCUT2D eigenvalue weighted by Crippen LogP contribution is -2.62. The van der Waals surface area contributed by atoms with Crippen molar-refractivity contribution in [1.29, 1.82) is 0 Å². The van der Waals surface area contributed by atoms with Crippen LogP contribution in [0.4, 0.5) is 14.6 Å². The summed E-state index contributed by atoms with van der Waals surface area (Å²) >= 11 is 0. The van der Waals surface area contributed by atoms with Gasteiger partial charge < -0.3 is 19.9 Å². The average Bonchev–Trinajstić information content (AvgIpc) is 3.16. The molecular weight excluding hydrogens is 564 g/mol. The van der Waals surface area contributed by atoms with Crippen LogP contribution >= 0.6 is 0 Å². The van der Waals surface area contributed by atoms with E-state index in [9.17, 15) is 24.6 Å². The van der Waals surface area contributed by atoms with Gasteiger partial charge >= 0.3 is 11.6 Å². The van der Waals surface area contributed by atoms with E-state index < -0.39 is 55.5 Å². The van der Waals surface area contributed by atoms with Gasteiger partial charge in [0.2, 0.25) is 11.8 Å². The van der Waals surface area contributed by atoms with E-state index in [0.29, 0.717) is 15.7 Å². The molecule has 0 saturated carbocycles. The van der Waals surface area contributed by atoms with Crippen LogP contribution in [0.15, 0.2) is 89.9 Å². The van der Waals surface area contributed by atoms with Gasteiger partial charge in [0, 0.05) is 6.20 Å². The molecular formula is C30H31F2N3O6Si. The van der Waals surface area contributed by atoms with Crippen LogP contribution < -0.4 is 10.7 Å². The quantitative estimate of drug-likeness (QED) is 0.239. The van der Waals surface area contributed by atoms with Crippen molar-refractivity contribution in [3.8, 4) is 0 Å². The lowest BCUT2D eigenvalue weighted by Gasteiger charge is -2.32. The molecule has 0 spiro atoms. The van der Waals surface area contributed by atoms with Crippen molar-refractivity contribution >= 4 is 37.8 Å². The maximum absolute atomic E-state index is 16.1. The van der Waals surface area contributed by atoms with Crippen LogP contribution in [0.5, 0.6) is 0 Å². The summed E-state index contributed by atoms with van der Waals surface area (Å²) in [5, 5.41) is 22.3. The summed E-state index contributed by atoms with van der Waals surface area (Å²) in [6.07, 6.45) is -2.21. The van der Waals surface area contributed by atoms with E-state index in [2.05, 4.69) is 9.97 Å². The molecule has 220 valence electrons. The standard InChI is InChI=1S/C30H31F2N3O6Si/c1-42(2,3)34-24-18-19-35(28(39)33-24)27-30(31,32)29(40,23(37)17-15-21-12-8-5-9-13-21)26(41-27)25(38)22(36)16-14-20-10-6-4-7-11-20/h4-19,25-27,38,40H,1-3H3,(H,33,34,39)/t25?,26-,27-,29-/m1/s1. The van der Waals surface area contributed by atoms with Crippen LogP contribution in [0, 0.1) is 0 Å². The van der Waals surface area contributed by atoms with Gasteiger partial charge in [-0.25, -0.2) is 4.79 Å². The lowest BCUT2D eigenvalue weighted by atomic mass is 9.82. The van der Waals surface area contributed by atoms with Crippen molar-refractivity contribution in [3.05, 3.63) is 107 Å². The fraction of sp³-hybridized carbons (Fsp3) is 0.267. The molecule has 9 nitrogen and oxygen atoms in total. The highest BCUT2D eigenvalue weighted by molar-refractivity contribution is 6.79. The second kappa shape index (κ2) is 12.0. The van der Waals surface area contributed by atoms with Crippen molar-refractivity contribution in [2.45, 2.75) is 49.6 Å². The number of carbonyl (C=O) groups is 2. The van der Waals surface area contributed by atoms with Gasteiger partial charge in [-0.2, -0.15) is 13.8 Å². The highest BCUT2D eigenvalue weighted by atomic mass is 28.3. The Morgan fingerprint density at radius 3 is 2.07 bits per heavy atom. The van der Waals surface area contributed by atoms with E-state index in [1.807, 2.05) is 19.6 Å². The number of anilines is 1. The Bertz CT molecular complexity index is 1560. The first kappa shape index (κ1) is 30.8. The number of ketones is 2.